The van der Waals surface area contributed by atoms with Crippen LogP contribution in [0.2, 0.25) is 0 Å². The van der Waals surface area contributed by atoms with Gasteiger partial charge in [-0.15, -0.1) is 0 Å². The molecule has 0 fully saturated rings. The minimum absolute atomic E-state index is 0.0810. The largest absolute Gasteiger partial charge is 0.475 e. The second-order valence-electron chi connectivity index (χ2n) is 13.9. The van der Waals surface area contributed by atoms with E-state index in [4.69, 9.17) is 9.72 Å². The summed E-state index contributed by atoms with van der Waals surface area (Å²) < 4.78 is 36.2. The number of benzene rings is 2. The van der Waals surface area contributed by atoms with Crippen molar-refractivity contribution in [1.29, 1.82) is 0 Å². The maximum Gasteiger partial charge on any atom is 0.264 e. The van der Waals surface area contributed by atoms with Crippen LogP contribution in [-0.4, -0.2) is 51.8 Å². The van der Waals surface area contributed by atoms with Crippen LogP contribution < -0.4 is 9.46 Å². The van der Waals surface area contributed by atoms with Gasteiger partial charge < -0.3 is 9.64 Å². The minimum Gasteiger partial charge on any atom is -0.475 e. The van der Waals surface area contributed by atoms with Crippen molar-refractivity contribution in [3.05, 3.63) is 89.0 Å². The first-order valence-electron chi connectivity index (χ1n) is 16.0. The number of nitrogens with zero attached hydrogens (tertiary/aromatic N) is 5. The quantitative estimate of drug-likeness (QED) is 0.236. The van der Waals surface area contributed by atoms with Crippen molar-refractivity contribution in [2.45, 2.75) is 85.2 Å². The van der Waals surface area contributed by atoms with Crippen LogP contribution in [0.5, 0.6) is 5.88 Å². The molecule has 1 unspecified atom stereocenters. The SMILES string of the molecule is Cc1cccc(C)c1-c1cc2nc(n1)NS(=O)(=O)c1cccc(c1)C(=O)N(Cc1nccc(C(C)C(C)C)n1)[C@H](CC(C)(C)C)CO2. The average molecular weight is 657 g/mol. The Bertz CT molecular complexity index is 1870. The Hall–Kier alpha value is -4.38. The number of hydrogen-bond donors (Lipinski definition) is 1. The van der Waals surface area contributed by atoms with Crippen LogP contribution in [0.25, 0.3) is 11.3 Å². The minimum atomic E-state index is -4.17. The Morgan fingerprint density at radius 1 is 0.979 bits per heavy atom. The van der Waals surface area contributed by atoms with Gasteiger partial charge >= 0.3 is 0 Å². The second kappa shape index (κ2) is 13.4. The maximum atomic E-state index is 14.4. The van der Waals surface area contributed by atoms with E-state index in [-0.39, 0.29) is 52.7 Å². The van der Waals surface area contributed by atoms with Crippen molar-refractivity contribution in [3.8, 4) is 17.1 Å². The van der Waals surface area contributed by atoms with Crippen molar-refractivity contribution in [2.24, 2.45) is 11.3 Å². The number of fused-ring (bicyclic) bond motifs is 4. The summed E-state index contributed by atoms with van der Waals surface area (Å²) in [6.07, 6.45) is 2.31. The van der Waals surface area contributed by atoms with E-state index in [0.29, 0.717) is 23.9 Å². The molecule has 0 radical (unpaired) electrons. The molecule has 11 heteroatoms. The van der Waals surface area contributed by atoms with E-state index < -0.39 is 16.1 Å². The van der Waals surface area contributed by atoms with Crippen molar-refractivity contribution >= 4 is 21.9 Å². The highest BCUT2D eigenvalue weighted by Crippen LogP contribution is 2.32. The first kappa shape index (κ1) is 34.0. The number of hydrogen-bond acceptors (Lipinski definition) is 8. The molecule has 248 valence electrons. The normalized spacial score (nSPS) is 17.2. The molecule has 0 saturated carbocycles. The summed E-state index contributed by atoms with van der Waals surface area (Å²) in [6.45, 7) is 16.9. The van der Waals surface area contributed by atoms with Crippen molar-refractivity contribution < 1.29 is 17.9 Å². The van der Waals surface area contributed by atoms with Gasteiger partial charge in [0.25, 0.3) is 15.9 Å². The number of carbonyl (C=O) groups is 1. The summed E-state index contributed by atoms with van der Waals surface area (Å²) in [6, 6.07) is 15.1. The Morgan fingerprint density at radius 3 is 2.36 bits per heavy atom. The first-order valence-corrected chi connectivity index (χ1v) is 17.4. The first-order chi connectivity index (χ1) is 22.1. The fourth-order valence-corrected chi connectivity index (χ4v) is 6.77. The molecule has 0 saturated heterocycles. The summed E-state index contributed by atoms with van der Waals surface area (Å²) in [5.74, 6) is 0.791. The zero-order chi connectivity index (χ0) is 34.1. The third-order valence-corrected chi connectivity index (χ3v) is 9.86. The maximum absolute atomic E-state index is 14.4. The number of sulfonamides is 1. The molecule has 4 bridgehead atoms. The molecule has 1 amide bonds. The Kier molecular flexibility index (Phi) is 9.68. The molecule has 1 aliphatic rings. The molecular weight excluding hydrogens is 613 g/mol. The van der Waals surface area contributed by atoms with E-state index >= 15 is 0 Å². The second-order valence-corrected chi connectivity index (χ2v) is 15.6. The predicted octanol–water partition coefficient (Wildman–Crippen LogP) is 6.95. The number of rotatable bonds is 6. The van der Waals surface area contributed by atoms with Crippen LogP contribution in [0.3, 0.4) is 0 Å². The molecule has 1 aliphatic heterocycles. The molecule has 10 nitrogen and oxygen atoms in total. The molecule has 4 aromatic rings. The third kappa shape index (κ3) is 7.96. The molecule has 3 heterocycles. The molecular formula is C36H44N6O4S. The molecule has 5 rings (SSSR count). The van der Waals surface area contributed by atoms with Gasteiger partial charge in [0.2, 0.25) is 11.8 Å². The molecule has 2 aromatic heterocycles. The van der Waals surface area contributed by atoms with Gasteiger partial charge in [0.15, 0.2) is 0 Å². The lowest BCUT2D eigenvalue weighted by atomic mass is 9.87. The number of ether oxygens (including phenoxy) is 1. The summed E-state index contributed by atoms with van der Waals surface area (Å²) in [5, 5.41) is 0. The summed E-state index contributed by atoms with van der Waals surface area (Å²) in [4.78, 5) is 34.5. The van der Waals surface area contributed by atoms with Gasteiger partial charge in [-0.2, -0.15) is 4.98 Å². The standard InChI is InChI=1S/C36H44N6O4S/c1-22(2)25(5)29-15-16-37-31(38-29)20-42-27(19-36(6,7)8)21-46-32-18-30(33-23(3)11-9-12-24(33)4)39-35(40-32)41-47(44,45)28-14-10-13-26(17-28)34(42)43/h9-18,22,25,27H,19-21H2,1-8H3,(H,39,40,41)/t25?,27-/m1/s1. The lowest BCUT2D eigenvalue weighted by Crippen LogP contribution is -2.45. The fourth-order valence-electron chi connectivity index (χ4n) is 5.79. The highest BCUT2D eigenvalue weighted by atomic mass is 32.2. The number of nitrogens with one attached hydrogen (secondary N) is 1. The van der Waals surface area contributed by atoms with Crippen molar-refractivity contribution in [1.82, 2.24) is 24.8 Å². The molecule has 0 aliphatic carbocycles. The van der Waals surface area contributed by atoms with Gasteiger partial charge in [-0.3, -0.25) is 4.79 Å². The van der Waals surface area contributed by atoms with Gasteiger partial charge in [-0.25, -0.2) is 28.1 Å². The molecule has 47 heavy (non-hydrogen) atoms. The van der Waals surface area contributed by atoms with Crippen LogP contribution in [0.15, 0.2) is 65.7 Å². The highest BCUT2D eigenvalue weighted by molar-refractivity contribution is 7.92. The monoisotopic (exact) mass is 656 g/mol. The molecule has 2 aromatic carbocycles. The number of anilines is 1. The summed E-state index contributed by atoms with van der Waals surface area (Å²) >= 11 is 0. The highest BCUT2D eigenvalue weighted by Gasteiger charge is 2.32. The van der Waals surface area contributed by atoms with E-state index in [2.05, 4.69) is 61.2 Å². The zero-order valence-electron chi connectivity index (χ0n) is 28.4. The summed E-state index contributed by atoms with van der Waals surface area (Å²) in [5.41, 5.74) is 4.28. The molecule has 2 atom stereocenters. The van der Waals surface area contributed by atoms with Gasteiger partial charge in [-0.1, -0.05) is 65.8 Å². The Morgan fingerprint density at radius 2 is 1.68 bits per heavy atom. The third-order valence-electron chi connectivity index (χ3n) is 8.54. The van der Waals surface area contributed by atoms with Gasteiger partial charge in [0, 0.05) is 35.0 Å². The van der Waals surface area contributed by atoms with E-state index in [0.717, 1.165) is 22.4 Å². The molecule has 1 N–H and O–H groups in total. The smallest absolute Gasteiger partial charge is 0.264 e. The lowest BCUT2D eigenvalue weighted by molar-refractivity contribution is 0.0505. The Labute approximate surface area is 278 Å². The van der Waals surface area contributed by atoms with Crippen molar-refractivity contribution in [3.63, 3.8) is 0 Å². The van der Waals surface area contributed by atoms with Gasteiger partial charge in [-0.05, 0) is 67.0 Å². The van der Waals surface area contributed by atoms with Crippen LogP contribution in [-0.2, 0) is 16.6 Å². The van der Waals surface area contributed by atoms with E-state index in [1.54, 1.807) is 29.3 Å². The average Bonchev–Trinajstić information content (AvgIpc) is 3.00. The number of aromatic nitrogens is 4. The van der Waals surface area contributed by atoms with E-state index in [1.807, 2.05) is 38.1 Å². The summed E-state index contributed by atoms with van der Waals surface area (Å²) in [7, 11) is -4.17. The van der Waals surface area contributed by atoms with E-state index in [1.165, 1.54) is 12.1 Å². The van der Waals surface area contributed by atoms with E-state index in [9.17, 15) is 13.2 Å². The van der Waals surface area contributed by atoms with Crippen LogP contribution >= 0.6 is 0 Å². The van der Waals surface area contributed by atoms with Crippen LogP contribution in [0.4, 0.5) is 5.95 Å². The van der Waals surface area contributed by atoms with Crippen LogP contribution in [0.1, 0.15) is 86.9 Å². The number of amides is 1. The van der Waals surface area contributed by atoms with Crippen LogP contribution in [0, 0.1) is 25.2 Å². The fraction of sp³-hybridized carbons (Fsp3) is 0.417. The zero-order valence-corrected chi connectivity index (χ0v) is 29.2. The molecule has 0 spiro atoms. The van der Waals surface area contributed by atoms with Crippen molar-refractivity contribution in [2.75, 3.05) is 11.3 Å². The number of aryl methyl sites for hydroxylation is 2. The van der Waals surface area contributed by atoms with Gasteiger partial charge in [0.1, 0.15) is 12.4 Å². The predicted molar refractivity (Wildman–Crippen MR) is 183 cm³/mol. The topological polar surface area (TPSA) is 127 Å². The van der Waals surface area contributed by atoms with Gasteiger partial charge in [0.05, 0.1) is 23.2 Å². The lowest BCUT2D eigenvalue weighted by Gasteiger charge is -2.35. The Balaban J connectivity index is 1.66. The number of carbonyl (C=O) groups excluding carboxylic acids is 1.